The highest BCUT2D eigenvalue weighted by molar-refractivity contribution is 9.10. The molecule has 0 amide bonds. The third-order valence-electron chi connectivity index (χ3n) is 3.60. The molecule has 2 atom stereocenters. The lowest BCUT2D eigenvalue weighted by Gasteiger charge is -2.47. The number of nitrogens with two attached hydrogens (primary N) is 1. The number of hydrogen-bond donors (Lipinski definition) is 1. The van der Waals surface area contributed by atoms with Gasteiger partial charge in [-0.25, -0.2) is 0 Å². The maximum absolute atomic E-state index is 6.01. The Morgan fingerprint density at radius 1 is 1.07 bits per heavy atom. The maximum Gasteiger partial charge on any atom is 0.0175 e. The minimum atomic E-state index is 0.378. The van der Waals surface area contributed by atoms with E-state index in [2.05, 4.69) is 54.0 Å². The van der Waals surface area contributed by atoms with Gasteiger partial charge in [-0.2, -0.15) is 0 Å². The fourth-order valence-electron chi connectivity index (χ4n) is 2.58. The number of halogens is 1. The molecular weight excluding hydrogens is 238 g/mol. The molecule has 14 heavy (non-hydrogen) atoms. The Kier molecular flexibility index (Phi) is 2.67. The van der Waals surface area contributed by atoms with Crippen LogP contribution in [-0.4, -0.2) is 6.04 Å². The topological polar surface area (TPSA) is 26.0 Å². The van der Waals surface area contributed by atoms with Gasteiger partial charge < -0.3 is 5.73 Å². The summed E-state index contributed by atoms with van der Waals surface area (Å²) < 4.78 is 1.14. The zero-order valence-corrected chi connectivity index (χ0v) is 10.2. The fraction of sp³-hybridized carbons (Fsp3) is 0.500. The molecule has 0 aliphatic heterocycles. The van der Waals surface area contributed by atoms with Crippen LogP contribution in [-0.2, 0) is 0 Å². The maximum atomic E-state index is 6.01. The van der Waals surface area contributed by atoms with E-state index in [1.807, 2.05) is 0 Å². The molecule has 2 heteroatoms. The van der Waals surface area contributed by atoms with Gasteiger partial charge in [0.25, 0.3) is 0 Å². The van der Waals surface area contributed by atoms with Crippen LogP contribution in [0.5, 0.6) is 0 Å². The van der Waals surface area contributed by atoms with Crippen molar-refractivity contribution in [3.63, 3.8) is 0 Å². The molecule has 76 valence electrons. The van der Waals surface area contributed by atoms with Gasteiger partial charge in [0.05, 0.1) is 0 Å². The van der Waals surface area contributed by atoms with Crippen LogP contribution in [0.2, 0.25) is 0 Å². The number of benzene rings is 1. The van der Waals surface area contributed by atoms with Crippen molar-refractivity contribution >= 4 is 15.9 Å². The molecule has 2 unspecified atom stereocenters. The molecule has 1 nitrogen and oxygen atoms in total. The molecular formula is C12H16BrN. The summed E-state index contributed by atoms with van der Waals surface area (Å²) in [5, 5.41) is 0. The van der Waals surface area contributed by atoms with Gasteiger partial charge in [-0.15, -0.1) is 0 Å². The molecule has 1 aromatic carbocycles. The highest BCUT2D eigenvalue weighted by atomic mass is 79.9. The molecule has 1 fully saturated rings. The van der Waals surface area contributed by atoms with Crippen molar-refractivity contribution in [2.75, 3.05) is 0 Å². The first-order valence-corrected chi connectivity index (χ1v) is 5.91. The average Bonchev–Trinajstić information content (AvgIpc) is 2.21. The molecule has 1 aliphatic carbocycles. The first kappa shape index (κ1) is 10.2. The summed E-state index contributed by atoms with van der Waals surface area (Å²) in [6, 6.07) is 9.00. The van der Waals surface area contributed by atoms with Crippen LogP contribution in [0.4, 0.5) is 0 Å². The fourth-order valence-corrected chi connectivity index (χ4v) is 2.85. The van der Waals surface area contributed by atoms with Gasteiger partial charge in [0.1, 0.15) is 0 Å². The highest BCUT2D eigenvalue weighted by Gasteiger charge is 2.43. The zero-order valence-electron chi connectivity index (χ0n) is 8.57. The summed E-state index contributed by atoms with van der Waals surface area (Å²) in [5.74, 6) is 1.88. The van der Waals surface area contributed by atoms with Gasteiger partial charge in [0.15, 0.2) is 0 Å². The zero-order chi connectivity index (χ0) is 10.3. The molecule has 1 aliphatic rings. The van der Waals surface area contributed by atoms with Crippen LogP contribution in [0.1, 0.15) is 25.3 Å². The normalized spacial score (nSPS) is 36.6. The summed E-state index contributed by atoms with van der Waals surface area (Å²) in [6.07, 6.45) is 0. The second kappa shape index (κ2) is 3.67. The number of rotatable bonds is 1. The molecule has 0 spiro atoms. The van der Waals surface area contributed by atoms with E-state index in [1.54, 1.807) is 0 Å². The monoisotopic (exact) mass is 253 g/mol. The van der Waals surface area contributed by atoms with Gasteiger partial charge in [0.2, 0.25) is 0 Å². The van der Waals surface area contributed by atoms with Crippen LogP contribution in [0, 0.1) is 11.8 Å². The van der Waals surface area contributed by atoms with E-state index >= 15 is 0 Å². The summed E-state index contributed by atoms with van der Waals surface area (Å²) >= 11 is 3.45. The minimum Gasteiger partial charge on any atom is -0.327 e. The van der Waals surface area contributed by atoms with Crippen molar-refractivity contribution in [2.45, 2.75) is 25.8 Å². The summed E-state index contributed by atoms with van der Waals surface area (Å²) in [5.41, 5.74) is 7.44. The Hall–Kier alpha value is -0.340. The first-order valence-electron chi connectivity index (χ1n) is 5.12. The van der Waals surface area contributed by atoms with Crippen molar-refractivity contribution in [3.8, 4) is 0 Å². The standard InChI is InChI=1S/C12H16BrN/c1-7-11(8(2)12(7)14)9-3-5-10(13)6-4-9/h3-8,11-12H,14H2,1-2H3. The Morgan fingerprint density at radius 3 is 2.07 bits per heavy atom. The second-order valence-electron chi connectivity index (χ2n) is 4.37. The largest absolute Gasteiger partial charge is 0.327 e. The Morgan fingerprint density at radius 2 is 1.57 bits per heavy atom. The third-order valence-corrected chi connectivity index (χ3v) is 4.13. The molecule has 0 heterocycles. The van der Waals surface area contributed by atoms with Crippen LogP contribution in [0.25, 0.3) is 0 Å². The van der Waals surface area contributed by atoms with E-state index in [-0.39, 0.29) is 0 Å². The first-order chi connectivity index (χ1) is 6.61. The highest BCUT2D eigenvalue weighted by Crippen LogP contribution is 2.46. The smallest absolute Gasteiger partial charge is 0.0175 e. The van der Waals surface area contributed by atoms with E-state index in [0.29, 0.717) is 23.8 Å². The molecule has 1 saturated carbocycles. The minimum absolute atomic E-state index is 0.378. The van der Waals surface area contributed by atoms with Crippen LogP contribution in [0.3, 0.4) is 0 Å². The summed E-state index contributed by atoms with van der Waals surface area (Å²) in [4.78, 5) is 0. The number of hydrogen-bond acceptors (Lipinski definition) is 1. The van der Waals surface area contributed by atoms with Gasteiger partial charge in [-0.05, 0) is 35.4 Å². The molecule has 2 rings (SSSR count). The van der Waals surface area contributed by atoms with Crippen LogP contribution in [0.15, 0.2) is 28.7 Å². The SMILES string of the molecule is CC1C(N)C(C)C1c1ccc(Br)cc1. The quantitative estimate of drug-likeness (QED) is 0.818. The molecule has 1 aromatic rings. The van der Waals surface area contributed by atoms with E-state index < -0.39 is 0 Å². The van der Waals surface area contributed by atoms with Crippen molar-refractivity contribution in [2.24, 2.45) is 17.6 Å². The lowest BCUT2D eigenvalue weighted by atomic mass is 9.60. The predicted octanol–water partition coefficient (Wildman–Crippen LogP) is 3.15. The van der Waals surface area contributed by atoms with Gasteiger partial charge in [-0.3, -0.25) is 0 Å². The van der Waals surface area contributed by atoms with Crippen molar-refractivity contribution < 1.29 is 0 Å². The lowest BCUT2D eigenvalue weighted by Crippen LogP contribution is -2.52. The Balaban J connectivity index is 2.20. The van der Waals surface area contributed by atoms with Crippen molar-refractivity contribution in [1.82, 2.24) is 0 Å². The van der Waals surface area contributed by atoms with Crippen molar-refractivity contribution in [3.05, 3.63) is 34.3 Å². The van der Waals surface area contributed by atoms with Gasteiger partial charge in [0, 0.05) is 10.5 Å². The van der Waals surface area contributed by atoms with E-state index in [0.717, 1.165) is 4.47 Å². The Bertz CT molecular complexity index is 310. The lowest BCUT2D eigenvalue weighted by molar-refractivity contribution is 0.130. The third kappa shape index (κ3) is 1.51. The average molecular weight is 254 g/mol. The van der Waals surface area contributed by atoms with Gasteiger partial charge >= 0.3 is 0 Å². The van der Waals surface area contributed by atoms with Crippen molar-refractivity contribution in [1.29, 1.82) is 0 Å². The summed E-state index contributed by atoms with van der Waals surface area (Å²) in [6.45, 7) is 4.49. The molecule has 0 bridgehead atoms. The van der Waals surface area contributed by atoms with Gasteiger partial charge in [-0.1, -0.05) is 41.9 Å². The van der Waals surface area contributed by atoms with E-state index in [1.165, 1.54) is 5.56 Å². The summed E-state index contributed by atoms with van der Waals surface area (Å²) in [7, 11) is 0. The Labute approximate surface area is 93.8 Å². The second-order valence-corrected chi connectivity index (χ2v) is 5.29. The van der Waals surface area contributed by atoms with E-state index in [9.17, 15) is 0 Å². The molecule has 0 aromatic heterocycles. The molecule has 0 radical (unpaired) electrons. The molecule has 0 saturated heterocycles. The van der Waals surface area contributed by atoms with E-state index in [4.69, 9.17) is 5.73 Å². The molecule has 2 N–H and O–H groups in total. The van der Waals surface area contributed by atoms with Crippen LogP contribution < -0.4 is 5.73 Å². The van der Waals surface area contributed by atoms with Crippen LogP contribution >= 0.6 is 15.9 Å². The predicted molar refractivity (Wildman–Crippen MR) is 63.2 cm³/mol.